The first-order chi connectivity index (χ1) is 4.04. The van der Waals surface area contributed by atoms with Gasteiger partial charge in [-0.1, -0.05) is 0 Å². The fourth-order valence-electron chi connectivity index (χ4n) is 0.468. The number of carbonyl (C=O) groups is 1. The molecule has 0 aromatic rings. The smallest absolute Gasteiger partial charge is 0.320 e. The van der Waals surface area contributed by atoms with Gasteiger partial charge in [-0.2, -0.15) is 0 Å². The molecule has 4 N–H and O–H groups in total. The van der Waals surface area contributed by atoms with E-state index in [1.165, 1.54) is 6.92 Å². The maximum absolute atomic E-state index is 10.00. The molecule has 9 heavy (non-hydrogen) atoms. The molecule has 0 aliphatic carbocycles. The van der Waals surface area contributed by atoms with E-state index in [0.717, 1.165) is 0 Å². The lowest BCUT2D eigenvalue weighted by Crippen LogP contribution is -2.33. The summed E-state index contributed by atoms with van der Waals surface area (Å²) in [5.74, 6) is -1.07. The quantitative estimate of drug-likeness (QED) is 0.469. The molecule has 0 fully saturated rings. The lowest BCUT2D eigenvalue weighted by Gasteiger charge is -2.06. The summed E-state index contributed by atoms with van der Waals surface area (Å²) >= 11 is 0. The van der Waals surface area contributed by atoms with Crippen LogP contribution in [-0.4, -0.2) is 28.3 Å². The van der Waals surface area contributed by atoms with Crippen molar-refractivity contribution in [1.82, 2.24) is 0 Å². The van der Waals surface area contributed by atoms with Crippen LogP contribution in [0, 0.1) is 0 Å². The molecule has 0 saturated carbocycles. The second-order valence-electron chi connectivity index (χ2n) is 2.03. The standard InChI is InChI=1S/C5H11NO3/c1-3(7)2-4(6)5(8)9/h3-4,7H,2,6H2,1H3,(H,8,9)/t3-,4-/m1/s1. The minimum Gasteiger partial charge on any atom is -0.480 e. The lowest BCUT2D eigenvalue weighted by atomic mass is 10.1. The molecule has 4 nitrogen and oxygen atoms in total. The normalized spacial score (nSPS) is 16.8. The van der Waals surface area contributed by atoms with Gasteiger partial charge in [-0.25, -0.2) is 0 Å². The van der Waals surface area contributed by atoms with Gasteiger partial charge in [0.1, 0.15) is 6.04 Å². The summed E-state index contributed by atoms with van der Waals surface area (Å²) in [6.45, 7) is 1.50. The lowest BCUT2D eigenvalue weighted by molar-refractivity contribution is -0.139. The second-order valence-corrected chi connectivity index (χ2v) is 2.03. The summed E-state index contributed by atoms with van der Waals surface area (Å²) in [5, 5.41) is 16.8. The van der Waals surface area contributed by atoms with Crippen LogP contribution in [0.2, 0.25) is 0 Å². The van der Waals surface area contributed by atoms with Crippen molar-refractivity contribution < 1.29 is 15.0 Å². The predicted octanol–water partition coefficient (Wildman–Crippen LogP) is -0.831. The van der Waals surface area contributed by atoms with Crippen LogP contribution in [0.1, 0.15) is 13.3 Å². The Bertz CT molecular complexity index is 102. The van der Waals surface area contributed by atoms with Gasteiger partial charge in [0.15, 0.2) is 0 Å². The highest BCUT2D eigenvalue weighted by atomic mass is 16.4. The number of carboxylic acids is 1. The Hall–Kier alpha value is -0.610. The van der Waals surface area contributed by atoms with Crippen molar-refractivity contribution in [3.05, 3.63) is 0 Å². The summed E-state index contributed by atoms with van der Waals surface area (Å²) in [6, 6.07) is -0.940. The van der Waals surface area contributed by atoms with Crippen LogP contribution in [-0.2, 0) is 4.79 Å². The Labute approximate surface area is 53.3 Å². The fourth-order valence-corrected chi connectivity index (χ4v) is 0.468. The number of rotatable bonds is 3. The van der Waals surface area contributed by atoms with E-state index in [4.69, 9.17) is 15.9 Å². The van der Waals surface area contributed by atoms with Gasteiger partial charge < -0.3 is 15.9 Å². The van der Waals surface area contributed by atoms with E-state index in [9.17, 15) is 4.79 Å². The first kappa shape index (κ1) is 8.39. The Kier molecular flexibility index (Phi) is 3.19. The summed E-state index contributed by atoms with van der Waals surface area (Å²) < 4.78 is 0. The van der Waals surface area contributed by atoms with Crippen molar-refractivity contribution in [2.24, 2.45) is 5.73 Å². The van der Waals surface area contributed by atoms with Crippen molar-refractivity contribution in [1.29, 1.82) is 0 Å². The summed E-state index contributed by atoms with van der Waals surface area (Å²) in [5.41, 5.74) is 5.06. The maximum Gasteiger partial charge on any atom is 0.320 e. The Morgan fingerprint density at radius 3 is 2.33 bits per heavy atom. The van der Waals surface area contributed by atoms with E-state index in [-0.39, 0.29) is 6.42 Å². The number of aliphatic hydroxyl groups is 1. The number of aliphatic carboxylic acids is 1. The molecule has 0 aromatic heterocycles. The fraction of sp³-hybridized carbons (Fsp3) is 0.800. The van der Waals surface area contributed by atoms with Gasteiger partial charge in [0.05, 0.1) is 6.10 Å². The molecule has 0 aliphatic rings. The largest absolute Gasteiger partial charge is 0.480 e. The van der Waals surface area contributed by atoms with Crippen LogP contribution in [0.15, 0.2) is 0 Å². The number of aliphatic hydroxyl groups excluding tert-OH is 1. The van der Waals surface area contributed by atoms with E-state index in [2.05, 4.69) is 0 Å². The molecule has 0 unspecified atom stereocenters. The number of hydrogen-bond acceptors (Lipinski definition) is 3. The molecular weight excluding hydrogens is 122 g/mol. The number of nitrogens with two attached hydrogens (primary N) is 1. The molecule has 0 radical (unpaired) electrons. The van der Waals surface area contributed by atoms with Gasteiger partial charge in [-0.15, -0.1) is 0 Å². The SMILES string of the molecule is C[C@@H](O)C[C@@H](N)C(=O)O. The van der Waals surface area contributed by atoms with Crippen LogP contribution < -0.4 is 5.73 Å². The van der Waals surface area contributed by atoms with E-state index < -0.39 is 18.1 Å². The molecular formula is C5H11NO3. The van der Waals surface area contributed by atoms with Crippen LogP contribution in [0.5, 0.6) is 0 Å². The topological polar surface area (TPSA) is 83.5 Å². The summed E-state index contributed by atoms with van der Waals surface area (Å²) in [7, 11) is 0. The minimum atomic E-state index is -1.07. The Balaban J connectivity index is 3.50. The first-order valence-corrected chi connectivity index (χ1v) is 2.70. The molecule has 54 valence electrons. The molecule has 0 aromatic carbocycles. The van der Waals surface area contributed by atoms with Crippen LogP contribution >= 0.6 is 0 Å². The van der Waals surface area contributed by atoms with E-state index >= 15 is 0 Å². The van der Waals surface area contributed by atoms with Crippen LogP contribution in [0.25, 0.3) is 0 Å². The monoisotopic (exact) mass is 133 g/mol. The van der Waals surface area contributed by atoms with Crippen LogP contribution in [0.3, 0.4) is 0 Å². The van der Waals surface area contributed by atoms with Gasteiger partial charge in [0.2, 0.25) is 0 Å². The second kappa shape index (κ2) is 3.42. The Morgan fingerprint density at radius 2 is 2.22 bits per heavy atom. The maximum atomic E-state index is 10.00. The number of hydrogen-bond donors (Lipinski definition) is 3. The first-order valence-electron chi connectivity index (χ1n) is 2.70. The highest BCUT2D eigenvalue weighted by Gasteiger charge is 2.12. The average Bonchev–Trinajstić information content (AvgIpc) is 1.63. The molecule has 0 rings (SSSR count). The van der Waals surface area contributed by atoms with Gasteiger partial charge in [0.25, 0.3) is 0 Å². The van der Waals surface area contributed by atoms with Gasteiger partial charge in [-0.05, 0) is 13.3 Å². The van der Waals surface area contributed by atoms with Crippen LogP contribution in [0.4, 0.5) is 0 Å². The highest BCUT2D eigenvalue weighted by Crippen LogP contribution is 1.93. The van der Waals surface area contributed by atoms with Crippen molar-refractivity contribution >= 4 is 5.97 Å². The highest BCUT2D eigenvalue weighted by molar-refractivity contribution is 5.73. The Morgan fingerprint density at radius 1 is 1.78 bits per heavy atom. The minimum absolute atomic E-state index is 0.106. The third kappa shape index (κ3) is 3.93. The van der Waals surface area contributed by atoms with E-state index in [0.29, 0.717) is 0 Å². The van der Waals surface area contributed by atoms with Crippen molar-refractivity contribution in [2.75, 3.05) is 0 Å². The van der Waals surface area contributed by atoms with Crippen molar-refractivity contribution in [3.8, 4) is 0 Å². The molecule has 4 heteroatoms. The van der Waals surface area contributed by atoms with Crippen molar-refractivity contribution in [2.45, 2.75) is 25.5 Å². The predicted molar refractivity (Wildman–Crippen MR) is 31.9 cm³/mol. The summed E-state index contributed by atoms with van der Waals surface area (Å²) in [6.07, 6.45) is -0.536. The summed E-state index contributed by atoms with van der Waals surface area (Å²) in [4.78, 5) is 10.00. The molecule has 0 saturated heterocycles. The molecule has 2 atom stereocenters. The third-order valence-corrected chi connectivity index (χ3v) is 0.912. The molecule has 0 spiro atoms. The van der Waals surface area contributed by atoms with E-state index in [1.54, 1.807) is 0 Å². The zero-order valence-corrected chi connectivity index (χ0v) is 5.24. The number of carboxylic acid groups (broad SMARTS) is 1. The van der Waals surface area contributed by atoms with Gasteiger partial charge >= 0.3 is 5.97 Å². The van der Waals surface area contributed by atoms with Gasteiger partial charge in [0, 0.05) is 0 Å². The third-order valence-electron chi connectivity index (χ3n) is 0.912. The zero-order valence-electron chi connectivity index (χ0n) is 5.24. The van der Waals surface area contributed by atoms with Gasteiger partial charge in [-0.3, -0.25) is 4.79 Å². The molecule has 0 heterocycles. The molecule has 0 aliphatic heterocycles. The van der Waals surface area contributed by atoms with Crippen molar-refractivity contribution in [3.63, 3.8) is 0 Å². The molecule has 0 bridgehead atoms. The average molecular weight is 133 g/mol. The zero-order chi connectivity index (χ0) is 7.44. The van der Waals surface area contributed by atoms with E-state index in [1.807, 2.05) is 0 Å². The molecule has 0 amide bonds.